The monoisotopic (exact) mass is 287 g/mol. The molecule has 0 heterocycles. The van der Waals surface area contributed by atoms with Gasteiger partial charge in [0.05, 0.1) is 7.11 Å². The Labute approximate surface area is 124 Å². The third-order valence-corrected chi connectivity index (χ3v) is 4.00. The molecule has 0 radical (unpaired) electrons. The summed E-state index contributed by atoms with van der Waals surface area (Å²) >= 11 is 6.28. The number of ether oxygens (including phenoxy) is 1. The molecule has 2 aromatic carbocycles. The minimum atomic E-state index is 0.690. The summed E-state index contributed by atoms with van der Waals surface area (Å²) in [5.41, 5.74) is 3.52. The predicted molar refractivity (Wildman–Crippen MR) is 83.3 cm³/mol. The summed E-state index contributed by atoms with van der Waals surface area (Å²) in [7, 11) is 1.68. The first-order chi connectivity index (χ1) is 9.76. The van der Waals surface area contributed by atoms with Crippen molar-refractivity contribution in [1.29, 1.82) is 0 Å². The highest BCUT2D eigenvalue weighted by atomic mass is 35.5. The number of nitrogens with one attached hydrogen (secondary N) is 1. The molecule has 1 fully saturated rings. The standard InChI is InChI=1S/C17H18ClNO/c1-20-16-7-2-12(3-8-16)13-4-9-17(18)14(10-13)11-19-15-5-6-15/h2-4,7-10,15,19H,5-6,11H2,1H3. The summed E-state index contributed by atoms with van der Waals surface area (Å²) in [6, 6.07) is 15.0. The van der Waals surface area contributed by atoms with Crippen LogP contribution in [0, 0.1) is 0 Å². The van der Waals surface area contributed by atoms with Gasteiger partial charge in [-0.25, -0.2) is 0 Å². The van der Waals surface area contributed by atoms with Crippen molar-refractivity contribution < 1.29 is 4.74 Å². The molecule has 1 N–H and O–H groups in total. The molecule has 3 rings (SSSR count). The van der Waals surface area contributed by atoms with Crippen molar-refractivity contribution >= 4 is 11.6 Å². The highest BCUT2D eigenvalue weighted by molar-refractivity contribution is 6.31. The Kier molecular flexibility index (Phi) is 3.95. The van der Waals surface area contributed by atoms with E-state index in [1.807, 2.05) is 18.2 Å². The molecule has 0 aliphatic heterocycles. The van der Waals surface area contributed by atoms with Crippen LogP contribution in [-0.2, 0) is 6.54 Å². The van der Waals surface area contributed by atoms with Gasteiger partial charge in [0, 0.05) is 17.6 Å². The van der Waals surface area contributed by atoms with Crippen LogP contribution in [0.5, 0.6) is 5.75 Å². The summed E-state index contributed by atoms with van der Waals surface area (Å²) in [5, 5.41) is 4.34. The third-order valence-electron chi connectivity index (χ3n) is 3.63. The van der Waals surface area contributed by atoms with Crippen LogP contribution in [0.3, 0.4) is 0 Å². The average Bonchev–Trinajstić information content (AvgIpc) is 3.31. The Bertz CT molecular complexity index is 590. The maximum atomic E-state index is 6.28. The second kappa shape index (κ2) is 5.86. The molecule has 0 saturated heterocycles. The smallest absolute Gasteiger partial charge is 0.118 e. The van der Waals surface area contributed by atoms with E-state index < -0.39 is 0 Å². The molecular formula is C17H18ClNO. The summed E-state index contributed by atoms with van der Waals surface area (Å²) in [6.45, 7) is 0.841. The molecular weight excluding hydrogens is 270 g/mol. The molecule has 1 aliphatic carbocycles. The number of hydrogen-bond acceptors (Lipinski definition) is 2. The Morgan fingerprint density at radius 2 is 1.80 bits per heavy atom. The van der Waals surface area contributed by atoms with Gasteiger partial charge in [-0.05, 0) is 53.8 Å². The first-order valence-electron chi connectivity index (χ1n) is 6.92. The largest absolute Gasteiger partial charge is 0.497 e. The second-order valence-corrected chi connectivity index (χ2v) is 5.60. The third kappa shape index (κ3) is 3.14. The lowest BCUT2D eigenvalue weighted by molar-refractivity contribution is 0.415. The van der Waals surface area contributed by atoms with Crippen molar-refractivity contribution in [1.82, 2.24) is 5.32 Å². The van der Waals surface area contributed by atoms with Crippen molar-refractivity contribution in [3.63, 3.8) is 0 Å². The maximum Gasteiger partial charge on any atom is 0.118 e. The molecule has 0 atom stereocenters. The highest BCUT2D eigenvalue weighted by Crippen LogP contribution is 2.27. The van der Waals surface area contributed by atoms with E-state index in [-0.39, 0.29) is 0 Å². The molecule has 2 aromatic rings. The van der Waals surface area contributed by atoms with Crippen LogP contribution in [-0.4, -0.2) is 13.2 Å². The van der Waals surface area contributed by atoms with Crippen LogP contribution in [0.2, 0.25) is 5.02 Å². The molecule has 0 bridgehead atoms. The minimum Gasteiger partial charge on any atom is -0.497 e. The van der Waals surface area contributed by atoms with Crippen LogP contribution >= 0.6 is 11.6 Å². The maximum absolute atomic E-state index is 6.28. The van der Waals surface area contributed by atoms with E-state index in [1.165, 1.54) is 24.0 Å². The molecule has 104 valence electrons. The van der Waals surface area contributed by atoms with Gasteiger partial charge >= 0.3 is 0 Å². The summed E-state index contributed by atoms with van der Waals surface area (Å²) in [4.78, 5) is 0. The summed E-state index contributed by atoms with van der Waals surface area (Å²) in [5.74, 6) is 0.873. The SMILES string of the molecule is COc1ccc(-c2ccc(Cl)c(CNC3CC3)c2)cc1. The molecule has 1 aliphatic rings. The van der Waals surface area contributed by atoms with Gasteiger partial charge in [-0.1, -0.05) is 29.8 Å². The van der Waals surface area contributed by atoms with Crippen molar-refractivity contribution in [2.45, 2.75) is 25.4 Å². The Balaban J connectivity index is 1.82. The molecule has 20 heavy (non-hydrogen) atoms. The van der Waals surface area contributed by atoms with E-state index in [1.54, 1.807) is 7.11 Å². The lowest BCUT2D eigenvalue weighted by Gasteiger charge is -2.09. The van der Waals surface area contributed by atoms with Gasteiger partial charge in [-0.2, -0.15) is 0 Å². The van der Waals surface area contributed by atoms with Gasteiger partial charge in [-0.15, -0.1) is 0 Å². The summed E-state index contributed by atoms with van der Waals surface area (Å²) < 4.78 is 5.19. The predicted octanol–water partition coefficient (Wildman–Crippen LogP) is 4.27. The zero-order valence-corrected chi connectivity index (χ0v) is 12.3. The van der Waals surface area contributed by atoms with E-state index >= 15 is 0 Å². The second-order valence-electron chi connectivity index (χ2n) is 5.19. The lowest BCUT2D eigenvalue weighted by atomic mass is 10.0. The molecule has 2 nitrogen and oxygen atoms in total. The van der Waals surface area contributed by atoms with Crippen molar-refractivity contribution in [2.75, 3.05) is 7.11 Å². The van der Waals surface area contributed by atoms with Gasteiger partial charge < -0.3 is 10.1 Å². The van der Waals surface area contributed by atoms with Gasteiger partial charge in [0.15, 0.2) is 0 Å². The number of methoxy groups -OCH3 is 1. The van der Waals surface area contributed by atoms with E-state index in [4.69, 9.17) is 16.3 Å². The molecule has 0 spiro atoms. The first-order valence-corrected chi connectivity index (χ1v) is 7.30. The molecule has 3 heteroatoms. The normalized spacial score (nSPS) is 14.3. The van der Waals surface area contributed by atoms with Crippen LogP contribution in [0.25, 0.3) is 11.1 Å². The molecule has 0 aromatic heterocycles. The number of rotatable bonds is 5. The zero-order chi connectivity index (χ0) is 13.9. The summed E-state index contributed by atoms with van der Waals surface area (Å²) in [6.07, 6.45) is 2.57. The lowest BCUT2D eigenvalue weighted by Crippen LogP contribution is -2.15. The van der Waals surface area contributed by atoms with Gasteiger partial charge in [-0.3, -0.25) is 0 Å². The van der Waals surface area contributed by atoms with Gasteiger partial charge in [0.25, 0.3) is 0 Å². The Hall–Kier alpha value is -1.51. The van der Waals surface area contributed by atoms with E-state index in [9.17, 15) is 0 Å². The minimum absolute atomic E-state index is 0.690. The average molecular weight is 288 g/mol. The highest BCUT2D eigenvalue weighted by Gasteiger charge is 2.20. The van der Waals surface area contributed by atoms with Crippen LogP contribution in [0.4, 0.5) is 0 Å². The fourth-order valence-electron chi connectivity index (χ4n) is 2.21. The Morgan fingerprint density at radius 3 is 2.45 bits per heavy atom. The fourth-order valence-corrected chi connectivity index (χ4v) is 2.40. The van der Waals surface area contributed by atoms with E-state index in [2.05, 4.69) is 29.6 Å². The van der Waals surface area contributed by atoms with Crippen LogP contribution in [0.1, 0.15) is 18.4 Å². The number of halogens is 1. The zero-order valence-electron chi connectivity index (χ0n) is 11.5. The Morgan fingerprint density at radius 1 is 1.10 bits per heavy atom. The molecule has 0 amide bonds. The van der Waals surface area contributed by atoms with Crippen molar-refractivity contribution in [3.8, 4) is 16.9 Å². The van der Waals surface area contributed by atoms with Crippen molar-refractivity contribution in [2.24, 2.45) is 0 Å². The van der Waals surface area contributed by atoms with Crippen LogP contribution in [0.15, 0.2) is 42.5 Å². The van der Waals surface area contributed by atoms with E-state index in [0.29, 0.717) is 6.04 Å². The number of benzene rings is 2. The molecule has 1 saturated carbocycles. The quantitative estimate of drug-likeness (QED) is 0.887. The first kappa shape index (κ1) is 13.5. The van der Waals surface area contributed by atoms with Gasteiger partial charge in [0.2, 0.25) is 0 Å². The van der Waals surface area contributed by atoms with Crippen molar-refractivity contribution in [3.05, 3.63) is 53.1 Å². The number of hydrogen-bond donors (Lipinski definition) is 1. The van der Waals surface area contributed by atoms with Gasteiger partial charge in [0.1, 0.15) is 5.75 Å². The topological polar surface area (TPSA) is 21.3 Å². The van der Waals surface area contributed by atoms with Crippen LogP contribution < -0.4 is 10.1 Å². The van der Waals surface area contributed by atoms with E-state index in [0.717, 1.165) is 22.9 Å². The fraction of sp³-hybridized carbons (Fsp3) is 0.294. The molecule has 0 unspecified atom stereocenters.